The molecule has 4 rings (SSSR count). The first-order valence-corrected chi connectivity index (χ1v) is 9.67. The number of rotatable bonds is 5. The van der Waals surface area contributed by atoms with Crippen LogP contribution in [0.25, 0.3) is 11.2 Å². The van der Waals surface area contributed by atoms with E-state index < -0.39 is 0 Å². The van der Waals surface area contributed by atoms with E-state index in [0.717, 1.165) is 59.7 Å². The van der Waals surface area contributed by atoms with Crippen molar-refractivity contribution in [3.05, 3.63) is 41.6 Å². The molecule has 2 aromatic heterocycles. The number of nitrogens with one attached hydrogen (secondary N) is 1. The molecule has 1 aromatic carbocycles. The molecule has 7 N–H and O–H groups in total. The first kappa shape index (κ1) is 21.0. The van der Waals surface area contributed by atoms with Crippen molar-refractivity contribution in [3.8, 4) is 11.5 Å². The molecule has 1 fully saturated rings. The fourth-order valence-electron chi connectivity index (χ4n) is 3.78. The molecule has 0 unspecified atom stereocenters. The van der Waals surface area contributed by atoms with Crippen LogP contribution in [-0.2, 0) is 6.42 Å². The van der Waals surface area contributed by atoms with Gasteiger partial charge in [0.15, 0.2) is 17.1 Å². The number of aromatic nitrogens is 4. The molecule has 1 aliphatic carbocycles. The Labute approximate surface area is 170 Å². The SMILES string of the molecule is COc1ccc(Cc2nc(C3CCC(N)CC3)nc3nc[nH]c23)cc1OC.NN. The number of nitrogens with zero attached hydrogens (tertiary/aromatic N) is 3. The largest absolute Gasteiger partial charge is 0.493 e. The highest BCUT2D eigenvalue weighted by molar-refractivity contribution is 5.73. The van der Waals surface area contributed by atoms with Crippen LogP contribution in [0.2, 0.25) is 0 Å². The van der Waals surface area contributed by atoms with Crippen molar-refractivity contribution in [1.29, 1.82) is 0 Å². The van der Waals surface area contributed by atoms with Gasteiger partial charge in [0.25, 0.3) is 0 Å². The topological polar surface area (TPSA) is 151 Å². The first-order chi connectivity index (χ1) is 14.2. The summed E-state index contributed by atoms with van der Waals surface area (Å²) in [6.45, 7) is 0. The normalized spacial score (nSPS) is 18.8. The molecule has 2 heterocycles. The first-order valence-electron chi connectivity index (χ1n) is 9.67. The van der Waals surface area contributed by atoms with Crippen LogP contribution >= 0.6 is 0 Å². The summed E-state index contributed by atoms with van der Waals surface area (Å²) in [6, 6.07) is 6.25. The van der Waals surface area contributed by atoms with Gasteiger partial charge in [-0.05, 0) is 43.4 Å². The molecule has 3 aromatic rings. The van der Waals surface area contributed by atoms with E-state index in [1.54, 1.807) is 20.5 Å². The van der Waals surface area contributed by atoms with Gasteiger partial charge in [0.05, 0.1) is 26.2 Å². The maximum absolute atomic E-state index is 6.05. The summed E-state index contributed by atoms with van der Waals surface area (Å²) < 4.78 is 10.8. The third kappa shape index (κ3) is 4.64. The summed E-state index contributed by atoms with van der Waals surface area (Å²) in [5.74, 6) is 10.7. The molecule has 1 aliphatic rings. The second-order valence-corrected chi connectivity index (χ2v) is 7.11. The average Bonchev–Trinajstić information content (AvgIpc) is 3.24. The Morgan fingerprint density at radius 3 is 2.45 bits per heavy atom. The number of benzene rings is 1. The van der Waals surface area contributed by atoms with Gasteiger partial charge in [-0.1, -0.05) is 6.07 Å². The van der Waals surface area contributed by atoms with E-state index in [1.807, 2.05) is 18.2 Å². The minimum Gasteiger partial charge on any atom is -0.493 e. The van der Waals surface area contributed by atoms with Crippen LogP contribution in [0, 0.1) is 0 Å². The Balaban J connectivity index is 0.00000117. The summed E-state index contributed by atoms with van der Waals surface area (Å²) in [7, 11) is 3.28. The third-order valence-electron chi connectivity index (χ3n) is 5.33. The van der Waals surface area contributed by atoms with Gasteiger partial charge in [-0.3, -0.25) is 11.7 Å². The third-order valence-corrected chi connectivity index (χ3v) is 5.33. The molecular weight excluding hydrogens is 370 g/mol. The Morgan fingerprint density at radius 2 is 1.76 bits per heavy atom. The molecule has 0 spiro atoms. The van der Waals surface area contributed by atoms with Crippen molar-refractivity contribution in [2.45, 2.75) is 44.1 Å². The van der Waals surface area contributed by atoms with E-state index in [4.69, 9.17) is 25.2 Å². The standard InChI is InChI=1S/C20H25N5O2.H4N2/c1-26-16-8-3-12(10-17(16)27-2)9-15-18-20(23-11-22-18)25-19(24-15)13-4-6-14(21)7-5-13;1-2/h3,8,10-11,13-14H,4-7,9,21H2,1-2H3,(H,22,23,24,25);1-2H2. The number of hydrazine groups is 1. The van der Waals surface area contributed by atoms with E-state index >= 15 is 0 Å². The number of fused-ring (bicyclic) bond motifs is 1. The molecule has 1 saturated carbocycles. The number of ether oxygens (including phenoxy) is 2. The molecular formula is C20H29N7O2. The zero-order valence-corrected chi connectivity index (χ0v) is 16.9. The molecule has 0 atom stereocenters. The Bertz CT molecular complexity index is 936. The molecule has 0 bridgehead atoms. The quantitative estimate of drug-likeness (QED) is 0.374. The summed E-state index contributed by atoms with van der Waals surface area (Å²) in [6.07, 6.45) is 6.47. The van der Waals surface area contributed by atoms with Crippen LogP contribution in [0.5, 0.6) is 11.5 Å². The highest BCUT2D eigenvalue weighted by atomic mass is 16.5. The van der Waals surface area contributed by atoms with E-state index in [0.29, 0.717) is 24.1 Å². The fourth-order valence-corrected chi connectivity index (χ4v) is 3.78. The Kier molecular flexibility index (Phi) is 6.97. The number of H-pyrrole nitrogens is 1. The molecule has 0 aliphatic heterocycles. The fraction of sp³-hybridized carbons (Fsp3) is 0.450. The zero-order valence-electron chi connectivity index (χ0n) is 16.9. The summed E-state index contributed by atoms with van der Waals surface area (Å²) in [5, 5.41) is 0. The molecule has 9 nitrogen and oxygen atoms in total. The minimum atomic E-state index is 0.307. The maximum atomic E-state index is 6.05. The number of imidazole rings is 1. The van der Waals surface area contributed by atoms with Gasteiger partial charge in [0.2, 0.25) is 0 Å². The van der Waals surface area contributed by atoms with Crippen LogP contribution in [0.1, 0.15) is 48.7 Å². The summed E-state index contributed by atoms with van der Waals surface area (Å²) >= 11 is 0. The van der Waals surface area contributed by atoms with Crippen molar-refractivity contribution in [1.82, 2.24) is 19.9 Å². The second-order valence-electron chi connectivity index (χ2n) is 7.11. The average molecular weight is 399 g/mol. The second kappa shape index (κ2) is 9.64. The zero-order chi connectivity index (χ0) is 20.8. The lowest BCUT2D eigenvalue weighted by atomic mass is 9.86. The number of nitrogens with two attached hydrogens (primary N) is 3. The van der Waals surface area contributed by atoms with Gasteiger partial charge in [-0.15, -0.1) is 0 Å². The van der Waals surface area contributed by atoms with Gasteiger partial charge in [0.1, 0.15) is 11.3 Å². The molecule has 9 heteroatoms. The van der Waals surface area contributed by atoms with E-state index in [2.05, 4.69) is 21.7 Å². The van der Waals surface area contributed by atoms with Gasteiger partial charge in [-0.2, -0.15) is 0 Å². The predicted octanol–water partition coefficient (Wildman–Crippen LogP) is 1.76. The van der Waals surface area contributed by atoms with Gasteiger partial charge >= 0.3 is 0 Å². The van der Waals surface area contributed by atoms with Crippen molar-refractivity contribution < 1.29 is 9.47 Å². The molecule has 29 heavy (non-hydrogen) atoms. The number of methoxy groups -OCH3 is 2. The monoisotopic (exact) mass is 399 g/mol. The minimum absolute atomic E-state index is 0.307. The lowest BCUT2D eigenvalue weighted by Crippen LogP contribution is -2.26. The lowest BCUT2D eigenvalue weighted by Gasteiger charge is -2.25. The predicted molar refractivity (Wildman–Crippen MR) is 112 cm³/mol. The van der Waals surface area contributed by atoms with Crippen molar-refractivity contribution in [2.24, 2.45) is 17.4 Å². The van der Waals surface area contributed by atoms with Gasteiger partial charge < -0.3 is 20.2 Å². The van der Waals surface area contributed by atoms with Crippen LogP contribution in [0.3, 0.4) is 0 Å². The molecule has 0 radical (unpaired) electrons. The summed E-state index contributed by atoms with van der Waals surface area (Å²) in [4.78, 5) is 17.2. The van der Waals surface area contributed by atoms with Crippen molar-refractivity contribution in [2.75, 3.05) is 14.2 Å². The van der Waals surface area contributed by atoms with Gasteiger partial charge in [-0.25, -0.2) is 15.0 Å². The van der Waals surface area contributed by atoms with E-state index in [1.165, 1.54) is 0 Å². The Morgan fingerprint density at radius 1 is 1.03 bits per heavy atom. The number of aromatic amines is 1. The molecule has 0 saturated heterocycles. The highest BCUT2D eigenvalue weighted by Crippen LogP contribution is 2.32. The van der Waals surface area contributed by atoms with Crippen molar-refractivity contribution >= 4 is 11.2 Å². The van der Waals surface area contributed by atoms with Crippen LogP contribution in [0.15, 0.2) is 24.5 Å². The number of hydrogen-bond donors (Lipinski definition) is 4. The van der Waals surface area contributed by atoms with Crippen LogP contribution in [-0.4, -0.2) is 40.2 Å². The van der Waals surface area contributed by atoms with Gasteiger partial charge in [0, 0.05) is 18.4 Å². The number of hydrogen-bond acceptors (Lipinski definition) is 8. The molecule has 0 amide bonds. The summed E-state index contributed by atoms with van der Waals surface area (Å²) in [5.41, 5.74) is 9.72. The van der Waals surface area contributed by atoms with Crippen molar-refractivity contribution in [3.63, 3.8) is 0 Å². The Hall–Kier alpha value is -2.75. The van der Waals surface area contributed by atoms with E-state index in [-0.39, 0.29) is 0 Å². The highest BCUT2D eigenvalue weighted by Gasteiger charge is 2.24. The van der Waals surface area contributed by atoms with Crippen LogP contribution < -0.4 is 26.9 Å². The smallest absolute Gasteiger partial charge is 0.181 e. The maximum Gasteiger partial charge on any atom is 0.181 e. The van der Waals surface area contributed by atoms with E-state index in [9.17, 15) is 0 Å². The molecule has 156 valence electrons. The lowest BCUT2D eigenvalue weighted by molar-refractivity contribution is 0.354. The van der Waals surface area contributed by atoms with Crippen LogP contribution in [0.4, 0.5) is 0 Å².